The van der Waals surface area contributed by atoms with Gasteiger partial charge in [0.1, 0.15) is 0 Å². The van der Waals surface area contributed by atoms with E-state index in [1.165, 1.54) is 23.3 Å². The lowest BCUT2D eigenvalue weighted by Crippen LogP contribution is -2.33. The smallest absolute Gasteiger partial charge is 0.0338 e. The molecule has 2 rings (SSSR count). The van der Waals surface area contributed by atoms with Gasteiger partial charge in [0.25, 0.3) is 0 Å². The summed E-state index contributed by atoms with van der Waals surface area (Å²) in [5.41, 5.74) is 2.92. The van der Waals surface area contributed by atoms with Crippen molar-refractivity contribution in [2.24, 2.45) is 0 Å². The van der Waals surface area contributed by atoms with Gasteiger partial charge in [-0.25, -0.2) is 0 Å². The van der Waals surface area contributed by atoms with Crippen LogP contribution in [0.25, 0.3) is 0 Å². The molecule has 1 heterocycles. The minimum atomic E-state index is 0.503. The molecule has 3 heteroatoms. The fourth-order valence-corrected chi connectivity index (χ4v) is 3.07. The first-order chi connectivity index (χ1) is 8.31. The number of thioether (sulfide) groups is 1. The highest BCUT2D eigenvalue weighted by Gasteiger charge is 2.19. The van der Waals surface area contributed by atoms with E-state index in [2.05, 4.69) is 48.1 Å². The van der Waals surface area contributed by atoms with Gasteiger partial charge in [0.15, 0.2) is 0 Å². The second kappa shape index (κ2) is 6.43. The van der Waals surface area contributed by atoms with E-state index >= 15 is 0 Å². The molecular formula is C14H22N2S. The Labute approximate surface area is 109 Å². The molecule has 1 aliphatic heterocycles. The molecule has 0 bridgehead atoms. The first kappa shape index (κ1) is 12.9. The van der Waals surface area contributed by atoms with Crippen LogP contribution in [0.3, 0.4) is 0 Å². The number of benzene rings is 1. The lowest BCUT2D eigenvalue weighted by Gasteiger charge is -2.23. The molecule has 0 fully saturated rings. The Hall–Kier alpha value is -0.510. The molecule has 94 valence electrons. The van der Waals surface area contributed by atoms with Gasteiger partial charge in [-0.15, -0.1) is 0 Å². The maximum Gasteiger partial charge on any atom is 0.0338 e. The maximum atomic E-state index is 3.76. The summed E-state index contributed by atoms with van der Waals surface area (Å²) in [7, 11) is 0. The van der Waals surface area contributed by atoms with Crippen LogP contribution in [0.2, 0.25) is 0 Å². The molecule has 2 unspecified atom stereocenters. The third-order valence-corrected chi connectivity index (χ3v) is 4.09. The lowest BCUT2D eigenvalue weighted by atomic mass is 9.99. The predicted molar refractivity (Wildman–Crippen MR) is 76.5 cm³/mol. The number of fused-ring (bicyclic) bond motifs is 1. The van der Waals surface area contributed by atoms with E-state index < -0.39 is 0 Å². The van der Waals surface area contributed by atoms with E-state index in [0.29, 0.717) is 12.1 Å². The van der Waals surface area contributed by atoms with Crippen LogP contribution in [0.5, 0.6) is 0 Å². The van der Waals surface area contributed by atoms with Crippen LogP contribution in [-0.2, 0) is 6.54 Å². The van der Waals surface area contributed by atoms with E-state index in [4.69, 9.17) is 0 Å². The van der Waals surface area contributed by atoms with Crippen molar-refractivity contribution < 1.29 is 0 Å². The summed E-state index contributed by atoms with van der Waals surface area (Å²) in [5, 5.41) is 7.25. The van der Waals surface area contributed by atoms with Crippen molar-refractivity contribution in [2.75, 3.05) is 18.6 Å². The summed E-state index contributed by atoms with van der Waals surface area (Å²) in [4.78, 5) is 0. The van der Waals surface area contributed by atoms with E-state index in [-0.39, 0.29) is 0 Å². The van der Waals surface area contributed by atoms with Crippen LogP contribution in [0, 0.1) is 0 Å². The standard InChI is InChI=1S/C14H22N2S/c1-11(10-17-2)16-14-7-8-15-9-12-5-3-4-6-13(12)14/h3-6,11,14-16H,7-10H2,1-2H3. The molecular weight excluding hydrogens is 228 g/mol. The summed E-state index contributed by atoms with van der Waals surface area (Å²) in [6.07, 6.45) is 3.34. The van der Waals surface area contributed by atoms with Gasteiger partial charge in [0.05, 0.1) is 0 Å². The van der Waals surface area contributed by atoms with Crippen molar-refractivity contribution in [2.45, 2.75) is 32.0 Å². The zero-order valence-electron chi connectivity index (χ0n) is 10.7. The molecule has 0 radical (unpaired) electrons. The van der Waals surface area contributed by atoms with Gasteiger partial charge >= 0.3 is 0 Å². The number of hydrogen-bond acceptors (Lipinski definition) is 3. The molecule has 17 heavy (non-hydrogen) atoms. The molecule has 0 saturated heterocycles. The molecule has 2 atom stereocenters. The fraction of sp³-hybridized carbons (Fsp3) is 0.571. The third kappa shape index (κ3) is 3.47. The average molecular weight is 250 g/mol. The molecule has 0 spiro atoms. The lowest BCUT2D eigenvalue weighted by molar-refractivity contribution is 0.455. The third-order valence-electron chi connectivity index (χ3n) is 3.26. The molecule has 2 nitrogen and oxygen atoms in total. The summed E-state index contributed by atoms with van der Waals surface area (Å²) in [6.45, 7) is 4.38. The quantitative estimate of drug-likeness (QED) is 0.859. The van der Waals surface area contributed by atoms with Gasteiger partial charge in [-0.3, -0.25) is 0 Å². The Morgan fingerprint density at radius 3 is 3.12 bits per heavy atom. The Morgan fingerprint density at radius 2 is 2.29 bits per heavy atom. The van der Waals surface area contributed by atoms with Gasteiger partial charge in [-0.2, -0.15) is 11.8 Å². The fourth-order valence-electron chi connectivity index (χ4n) is 2.47. The van der Waals surface area contributed by atoms with Gasteiger partial charge in [0, 0.05) is 24.4 Å². The molecule has 0 aliphatic carbocycles. The highest BCUT2D eigenvalue weighted by Crippen LogP contribution is 2.24. The van der Waals surface area contributed by atoms with E-state index in [1.54, 1.807) is 0 Å². The van der Waals surface area contributed by atoms with Crippen molar-refractivity contribution in [1.82, 2.24) is 10.6 Å². The monoisotopic (exact) mass is 250 g/mol. The molecule has 2 N–H and O–H groups in total. The predicted octanol–water partition coefficient (Wildman–Crippen LogP) is 2.56. The zero-order chi connectivity index (χ0) is 12.1. The van der Waals surface area contributed by atoms with Crippen LogP contribution in [0.4, 0.5) is 0 Å². The Morgan fingerprint density at radius 1 is 1.47 bits per heavy atom. The number of rotatable bonds is 4. The SMILES string of the molecule is CSCC(C)NC1CCNCc2ccccc21. The van der Waals surface area contributed by atoms with E-state index in [9.17, 15) is 0 Å². The van der Waals surface area contributed by atoms with Crippen molar-refractivity contribution in [1.29, 1.82) is 0 Å². The van der Waals surface area contributed by atoms with Crippen LogP contribution in [-0.4, -0.2) is 24.6 Å². The maximum absolute atomic E-state index is 3.76. The average Bonchev–Trinajstić information content (AvgIpc) is 2.53. The van der Waals surface area contributed by atoms with Crippen LogP contribution >= 0.6 is 11.8 Å². The van der Waals surface area contributed by atoms with Crippen LogP contribution in [0.15, 0.2) is 24.3 Å². The van der Waals surface area contributed by atoms with Crippen LogP contribution < -0.4 is 10.6 Å². The first-order valence-electron chi connectivity index (χ1n) is 6.34. The zero-order valence-corrected chi connectivity index (χ0v) is 11.5. The summed E-state index contributed by atoms with van der Waals surface area (Å²) >= 11 is 1.91. The molecule has 0 aromatic heterocycles. The first-order valence-corrected chi connectivity index (χ1v) is 7.74. The minimum Gasteiger partial charge on any atom is -0.313 e. The Balaban J connectivity index is 2.11. The Bertz CT molecular complexity index is 354. The Kier molecular flexibility index (Phi) is 4.89. The topological polar surface area (TPSA) is 24.1 Å². The highest BCUT2D eigenvalue weighted by atomic mass is 32.2. The number of nitrogens with one attached hydrogen (secondary N) is 2. The van der Waals surface area contributed by atoms with Crippen molar-refractivity contribution in [3.63, 3.8) is 0 Å². The highest BCUT2D eigenvalue weighted by molar-refractivity contribution is 7.98. The largest absolute Gasteiger partial charge is 0.313 e. The molecule has 1 aromatic carbocycles. The van der Waals surface area contributed by atoms with Crippen molar-refractivity contribution >= 4 is 11.8 Å². The van der Waals surface area contributed by atoms with Gasteiger partial charge in [-0.05, 0) is 37.3 Å². The summed E-state index contributed by atoms with van der Waals surface area (Å²) < 4.78 is 0. The molecule has 0 saturated carbocycles. The second-order valence-corrected chi connectivity index (χ2v) is 5.65. The second-order valence-electron chi connectivity index (χ2n) is 4.74. The van der Waals surface area contributed by atoms with Crippen molar-refractivity contribution in [3.05, 3.63) is 35.4 Å². The van der Waals surface area contributed by atoms with Gasteiger partial charge in [0.2, 0.25) is 0 Å². The summed E-state index contributed by atoms with van der Waals surface area (Å²) in [5.74, 6) is 1.17. The molecule has 1 aliphatic rings. The summed E-state index contributed by atoms with van der Waals surface area (Å²) in [6, 6.07) is 9.86. The van der Waals surface area contributed by atoms with E-state index in [0.717, 1.165) is 13.1 Å². The minimum absolute atomic E-state index is 0.503. The van der Waals surface area contributed by atoms with Crippen molar-refractivity contribution in [3.8, 4) is 0 Å². The van der Waals surface area contributed by atoms with Crippen LogP contribution in [0.1, 0.15) is 30.5 Å². The van der Waals surface area contributed by atoms with E-state index in [1.807, 2.05) is 11.8 Å². The normalized spacial score (nSPS) is 21.6. The molecule has 1 aromatic rings. The van der Waals surface area contributed by atoms with Gasteiger partial charge in [-0.1, -0.05) is 24.3 Å². The number of hydrogen-bond donors (Lipinski definition) is 2. The molecule has 0 amide bonds. The van der Waals surface area contributed by atoms with Gasteiger partial charge < -0.3 is 10.6 Å².